The Balaban J connectivity index is 2.67. The van der Waals surface area contributed by atoms with Gasteiger partial charge in [-0.15, -0.1) is 0 Å². The number of methoxy groups -OCH3 is 1. The number of halogens is 1. The summed E-state index contributed by atoms with van der Waals surface area (Å²) < 4.78 is 8.53. The maximum Gasteiger partial charge on any atom is 0.120 e. The van der Waals surface area contributed by atoms with Gasteiger partial charge < -0.3 is 15.0 Å². The molecule has 1 aromatic heterocycles. The molecule has 0 unspecified atom stereocenters. The van der Waals surface area contributed by atoms with Crippen molar-refractivity contribution < 1.29 is 4.74 Å². The second-order valence-electron chi connectivity index (χ2n) is 3.74. The molecule has 1 aromatic carbocycles. The topological polar surface area (TPSA) is 40.2 Å². The van der Waals surface area contributed by atoms with Gasteiger partial charge in [-0.2, -0.15) is 0 Å². The van der Waals surface area contributed by atoms with Gasteiger partial charge in [-0.05, 0) is 34.6 Å². The third-order valence-electron chi connectivity index (χ3n) is 2.84. The molecular formula is C12H15BrN2O. The average Bonchev–Trinajstić information content (AvgIpc) is 2.54. The molecule has 4 heteroatoms. The fourth-order valence-corrected chi connectivity index (χ4v) is 2.76. The Morgan fingerprint density at radius 3 is 2.81 bits per heavy atom. The number of aryl methyl sites for hydroxylation is 1. The third-order valence-corrected chi connectivity index (χ3v) is 3.73. The largest absolute Gasteiger partial charge is 0.497 e. The van der Waals surface area contributed by atoms with E-state index in [4.69, 9.17) is 10.5 Å². The Labute approximate surface area is 103 Å². The van der Waals surface area contributed by atoms with Crippen LogP contribution < -0.4 is 10.5 Å². The lowest BCUT2D eigenvalue weighted by molar-refractivity contribution is 0.415. The van der Waals surface area contributed by atoms with Gasteiger partial charge >= 0.3 is 0 Å². The zero-order valence-corrected chi connectivity index (χ0v) is 11.0. The van der Waals surface area contributed by atoms with Gasteiger partial charge in [0.15, 0.2) is 0 Å². The summed E-state index contributed by atoms with van der Waals surface area (Å²) in [6.45, 7) is 0.653. The standard InChI is InChI=1S/C12H15BrN2O/c1-15-10(5-6-14)12(13)9-4-3-8(16-2)7-11(9)15/h3-4,7H,5-6,14H2,1-2H3. The second kappa shape index (κ2) is 4.47. The molecule has 0 bridgehead atoms. The van der Waals surface area contributed by atoms with Crippen LogP contribution in [0.1, 0.15) is 5.69 Å². The van der Waals surface area contributed by atoms with Gasteiger partial charge in [0.2, 0.25) is 0 Å². The van der Waals surface area contributed by atoms with E-state index in [-0.39, 0.29) is 0 Å². The molecule has 0 amide bonds. The summed E-state index contributed by atoms with van der Waals surface area (Å²) >= 11 is 3.63. The van der Waals surface area contributed by atoms with Crippen molar-refractivity contribution in [2.45, 2.75) is 6.42 Å². The molecule has 86 valence electrons. The van der Waals surface area contributed by atoms with E-state index in [2.05, 4.69) is 33.6 Å². The van der Waals surface area contributed by atoms with E-state index in [0.717, 1.165) is 22.2 Å². The van der Waals surface area contributed by atoms with Crippen LogP contribution in [-0.2, 0) is 13.5 Å². The van der Waals surface area contributed by atoms with Crippen molar-refractivity contribution in [1.82, 2.24) is 4.57 Å². The summed E-state index contributed by atoms with van der Waals surface area (Å²) in [5, 5.41) is 1.20. The molecule has 2 N–H and O–H groups in total. The van der Waals surface area contributed by atoms with Crippen LogP contribution in [-0.4, -0.2) is 18.2 Å². The SMILES string of the molecule is COc1ccc2c(Br)c(CCN)n(C)c2c1. The molecule has 2 rings (SSSR count). The number of ether oxygens (including phenoxy) is 1. The smallest absolute Gasteiger partial charge is 0.120 e. The molecule has 0 fully saturated rings. The molecule has 0 aliphatic carbocycles. The highest BCUT2D eigenvalue weighted by Crippen LogP contribution is 2.32. The van der Waals surface area contributed by atoms with Crippen LogP contribution in [0, 0.1) is 0 Å². The maximum atomic E-state index is 5.62. The highest BCUT2D eigenvalue weighted by Gasteiger charge is 2.12. The van der Waals surface area contributed by atoms with Crippen molar-refractivity contribution in [1.29, 1.82) is 0 Å². The number of nitrogens with zero attached hydrogens (tertiary/aromatic N) is 1. The summed E-state index contributed by atoms with van der Waals surface area (Å²) in [4.78, 5) is 0. The van der Waals surface area contributed by atoms with E-state index in [1.165, 1.54) is 11.1 Å². The number of aromatic nitrogens is 1. The van der Waals surface area contributed by atoms with Crippen molar-refractivity contribution in [3.8, 4) is 5.75 Å². The van der Waals surface area contributed by atoms with Crippen LogP contribution >= 0.6 is 15.9 Å². The number of fused-ring (bicyclic) bond motifs is 1. The Bertz CT molecular complexity index is 519. The number of hydrogen-bond acceptors (Lipinski definition) is 2. The molecule has 0 spiro atoms. The molecule has 0 atom stereocenters. The second-order valence-corrected chi connectivity index (χ2v) is 4.53. The summed E-state index contributed by atoms with van der Waals surface area (Å²) in [6, 6.07) is 6.08. The van der Waals surface area contributed by atoms with E-state index in [0.29, 0.717) is 6.54 Å². The van der Waals surface area contributed by atoms with E-state index < -0.39 is 0 Å². The van der Waals surface area contributed by atoms with Crippen LogP contribution in [0.25, 0.3) is 10.9 Å². The molecule has 1 heterocycles. The molecule has 2 aromatic rings. The Morgan fingerprint density at radius 1 is 1.44 bits per heavy atom. The summed E-state index contributed by atoms with van der Waals surface area (Å²) in [5.74, 6) is 0.875. The lowest BCUT2D eigenvalue weighted by Gasteiger charge is -2.03. The molecule has 0 saturated heterocycles. The Hall–Kier alpha value is -1.00. The molecule has 3 nitrogen and oxygen atoms in total. The lowest BCUT2D eigenvalue weighted by Crippen LogP contribution is -2.06. The van der Waals surface area contributed by atoms with E-state index >= 15 is 0 Å². The van der Waals surface area contributed by atoms with Crippen molar-refractivity contribution in [3.63, 3.8) is 0 Å². The molecule has 0 aliphatic heterocycles. The zero-order valence-electron chi connectivity index (χ0n) is 9.46. The van der Waals surface area contributed by atoms with Crippen molar-refractivity contribution >= 4 is 26.8 Å². The fraction of sp³-hybridized carbons (Fsp3) is 0.333. The van der Waals surface area contributed by atoms with Gasteiger partial charge in [0.25, 0.3) is 0 Å². The first-order valence-electron chi connectivity index (χ1n) is 5.20. The monoisotopic (exact) mass is 282 g/mol. The lowest BCUT2D eigenvalue weighted by atomic mass is 10.2. The van der Waals surface area contributed by atoms with Gasteiger partial charge in [-0.25, -0.2) is 0 Å². The molecule has 16 heavy (non-hydrogen) atoms. The van der Waals surface area contributed by atoms with Crippen molar-refractivity contribution in [3.05, 3.63) is 28.4 Å². The number of rotatable bonds is 3. The van der Waals surface area contributed by atoms with Crippen LogP contribution in [0.4, 0.5) is 0 Å². The zero-order chi connectivity index (χ0) is 11.7. The maximum absolute atomic E-state index is 5.62. The molecule has 0 saturated carbocycles. The van der Waals surface area contributed by atoms with Gasteiger partial charge in [-0.3, -0.25) is 0 Å². The van der Waals surface area contributed by atoms with E-state index in [1.54, 1.807) is 7.11 Å². The summed E-state index contributed by atoms with van der Waals surface area (Å²) in [6.07, 6.45) is 0.869. The minimum absolute atomic E-state index is 0.653. The van der Waals surface area contributed by atoms with Gasteiger partial charge in [-0.1, -0.05) is 0 Å². The average molecular weight is 283 g/mol. The van der Waals surface area contributed by atoms with Crippen LogP contribution in [0.5, 0.6) is 5.75 Å². The minimum Gasteiger partial charge on any atom is -0.497 e. The quantitative estimate of drug-likeness (QED) is 0.940. The molecule has 0 aliphatic rings. The molecular weight excluding hydrogens is 268 g/mol. The first-order chi connectivity index (χ1) is 7.69. The minimum atomic E-state index is 0.653. The highest BCUT2D eigenvalue weighted by molar-refractivity contribution is 9.10. The third kappa shape index (κ3) is 1.72. The van der Waals surface area contributed by atoms with E-state index in [1.807, 2.05) is 12.1 Å². The van der Waals surface area contributed by atoms with E-state index in [9.17, 15) is 0 Å². The number of benzene rings is 1. The Morgan fingerprint density at radius 2 is 2.19 bits per heavy atom. The first kappa shape index (κ1) is 11.5. The van der Waals surface area contributed by atoms with Crippen molar-refractivity contribution in [2.24, 2.45) is 12.8 Å². The highest BCUT2D eigenvalue weighted by atomic mass is 79.9. The summed E-state index contributed by atoms with van der Waals surface area (Å²) in [7, 11) is 3.73. The fourth-order valence-electron chi connectivity index (χ4n) is 1.96. The van der Waals surface area contributed by atoms with Gasteiger partial charge in [0.05, 0.1) is 12.6 Å². The van der Waals surface area contributed by atoms with Crippen molar-refractivity contribution in [2.75, 3.05) is 13.7 Å². The van der Waals surface area contributed by atoms with Crippen LogP contribution in [0.3, 0.4) is 0 Å². The molecule has 0 radical (unpaired) electrons. The van der Waals surface area contributed by atoms with Gasteiger partial charge in [0.1, 0.15) is 5.75 Å². The number of nitrogens with two attached hydrogens (primary N) is 1. The summed E-state index contributed by atoms with van der Waals surface area (Å²) in [5.41, 5.74) is 8.01. The predicted octanol–water partition coefficient (Wildman–Crippen LogP) is 2.45. The first-order valence-corrected chi connectivity index (χ1v) is 5.99. The van der Waals surface area contributed by atoms with Gasteiger partial charge in [0, 0.05) is 35.1 Å². The predicted molar refractivity (Wildman–Crippen MR) is 69.9 cm³/mol. The van der Waals surface area contributed by atoms with Crippen LogP contribution in [0.2, 0.25) is 0 Å². The normalized spacial score (nSPS) is 11.0. The number of hydrogen-bond donors (Lipinski definition) is 1. The Kier molecular flexibility index (Phi) is 3.21. The van der Waals surface area contributed by atoms with Crippen LogP contribution in [0.15, 0.2) is 22.7 Å².